The van der Waals surface area contributed by atoms with E-state index in [9.17, 15) is 38.4 Å². The number of H-pyrrole nitrogens is 1. The lowest BCUT2D eigenvalue weighted by atomic mass is 10.0. The van der Waals surface area contributed by atoms with Crippen molar-refractivity contribution in [1.29, 1.82) is 0 Å². The lowest BCUT2D eigenvalue weighted by Gasteiger charge is -2.24. The molecule has 7 atom stereocenters. The third kappa shape index (κ3) is 4.75. The summed E-state index contributed by atoms with van der Waals surface area (Å²) in [6.45, 7) is -0.784. The number of aromatic amines is 1. The van der Waals surface area contributed by atoms with Gasteiger partial charge in [-0.25, -0.2) is 18.5 Å². The van der Waals surface area contributed by atoms with Gasteiger partial charge in [-0.05, 0) is 12.3 Å². The van der Waals surface area contributed by atoms with Crippen LogP contribution in [0.4, 0.5) is 0 Å². The van der Waals surface area contributed by atoms with E-state index in [0.717, 1.165) is 16.8 Å². The van der Waals surface area contributed by atoms with Crippen LogP contribution >= 0.6 is 23.5 Å². The lowest BCUT2D eigenvalue weighted by Crippen LogP contribution is -2.40. The molecule has 2 aliphatic rings. The number of aliphatic hydroxyl groups is 2. The topological polar surface area (TPSA) is 255 Å². The summed E-state index contributed by atoms with van der Waals surface area (Å²) in [5, 5.41) is 20.7. The zero-order valence-electron chi connectivity index (χ0n) is 14.6. The number of aliphatic hydroxyl groups excluding tert-OH is 2. The summed E-state index contributed by atoms with van der Waals surface area (Å²) in [6, 6.07) is 0.0171. The Morgan fingerprint density at radius 3 is 2.30 bits per heavy atom. The second-order valence-electron chi connectivity index (χ2n) is 6.85. The van der Waals surface area contributed by atoms with Gasteiger partial charge in [0, 0.05) is 17.7 Å². The number of rotatable bonds is 8. The molecule has 7 N–H and O–H groups in total. The van der Waals surface area contributed by atoms with Crippen LogP contribution < -0.4 is 11.2 Å². The average Bonchev–Trinajstić information content (AvgIpc) is 3.21. The van der Waals surface area contributed by atoms with Gasteiger partial charge in [-0.1, -0.05) is 0 Å². The molecule has 3 rings (SSSR count). The highest BCUT2D eigenvalue weighted by molar-refractivity contribution is 7.66. The second-order valence-corrected chi connectivity index (χ2v) is 11.3. The molecule has 2 saturated carbocycles. The first-order valence-corrected chi connectivity index (χ1v) is 12.5. The molecule has 2 fully saturated rings. The Hall–Kier alpha value is -0.990. The number of nitrogens with one attached hydrogen (secondary N) is 1. The van der Waals surface area contributed by atoms with Crippen molar-refractivity contribution in [2.75, 3.05) is 6.61 Å². The molecular weight excluding hydrogens is 477 g/mol. The quantitative estimate of drug-likeness (QED) is 0.196. The minimum absolute atomic E-state index is 0.108. The maximum absolute atomic E-state index is 12.0. The zero-order valence-corrected chi connectivity index (χ0v) is 17.3. The lowest BCUT2D eigenvalue weighted by molar-refractivity contribution is -0.0306. The first-order valence-electron chi connectivity index (χ1n) is 8.03. The Labute approximate surface area is 166 Å². The van der Waals surface area contributed by atoms with Crippen molar-refractivity contribution in [3.63, 3.8) is 0 Å². The molecule has 0 radical (unpaired) electrons. The molecule has 170 valence electrons. The van der Waals surface area contributed by atoms with Gasteiger partial charge in [0.1, 0.15) is 6.10 Å². The van der Waals surface area contributed by atoms with Crippen molar-refractivity contribution >= 4 is 23.5 Å². The molecule has 0 saturated heterocycles. The Bertz CT molecular complexity index is 1090. The molecule has 16 nitrogen and oxygen atoms in total. The van der Waals surface area contributed by atoms with Gasteiger partial charge >= 0.3 is 29.2 Å². The highest BCUT2D eigenvalue weighted by Crippen LogP contribution is 2.70. The number of hydrogen-bond donors (Lipinski definition) is 7. The normalized spacial score (nSPS) is 34.7. The van der Waals surface area contributed by atoms with Crippen molar-refractivity contribution in [3.8, 4) is 0 Å². The smallest absolute Gasteiger partial charge is 0.390 e. The van der Waals surface area contributed by atoms with Gasteiger partial charge in [-0.3, -0.25) is 18.9 Å². The van der Waals surface area contributed by atoms with Gasteiger partial charge in [-0.15, -0.1) is 0 Å². The molecule has 3 unspecified atom stereocenters. The summed E-state index contributed by atoms with van der Waals surface area (Å²) in [7, 11) is -16.7. The van der Waals surface area contributed by atoms with Crippen LogP contribution in [0.2, 0.25) is 0 Å². The minimum Gasteiger partial charge on any atom is -0.390 e. The molecule has 0 bridgehead atoms. The third-order valence-corrected chi connectivity index (χ3v) is 8.72. The molecule has 0 aromatic carbocycles. The predicted octanol–water partition coefficient (Wildman–Crippen LogP) is -1.84. The number of hydrogen-bond acceptors (Lipinski definition) is 10. The summed E-state index contributed by atoms with van der Waals surface area (Å²) in [6.07, 6.45) is -1.84. The Morgan fingerprint density at radius 1 is 1.10 bits per heavy atom. The van der Waals surface area contributed by atoms with Crippen LogP contribution in [-0.4, -0.2) is 58.2 Å². The summed E-state index contributed by atoms with van der Waals surface area (Å²) in [5.41, 5.74) is -2.86. The monoisotopic (exact) mass is 494 g/mol. The number of fused-ring (bicyclic) bond motifs is 1. The number of phosphoric acid groups is 3. The van der Waals surface area contributed by atoms with Gasteiger partial charge in [0.05, 0.1) is 18.8 Å². The summed E-state index contributed by atoms with van der Waals surface area (Å²) in [4.78, 5) is 60.9. The maximum Gasteiger partial charge on any atom is 0.490 e. The van der Waals surface area contributed by atoms with E-state index in [4.69, 9.17) is 14.7 Å². The Balaban J connectivity index is 1.73. The molecule has 2 aliphatic carbocycles. The molecule has 30 heavy (non-hydrogen) atoms. The van der Waals surface area contributed by atoms with E-state index in [-0.39, 0.29) is 6.42 Å². The van der Waals surface area contributed by atoms with Crippen molar-refractivity contribution in [2.24, 2.45) is 11.3 Å². The van der Waals surface area contributed by atoms with E-state index >= 15 is 0 Å². The molecule has 1 aromatic heterocycles. The van der Waals surface area contributed by atoms with Crippen molar-refractivity contribution in [2.45, 2.75) is 24.7 Å². The van der Waals surface area contributed by atoms with Gasteiger partial charge in [0.25, 0.3) is 5.56 Å². The van der Waals surface area contributed by atoms with Crippen LogP contribution in [0.25, 0.3) is 0 Å². The summed E-state index contributed by atoms with van der Waals surface area (Å²) in [5.74, 6) is -0.640. The number of nitrogens with zero attached hydrogens (tertiary/aromatic N) is 1. The van der Waals surface area contributed by atoms with E-state index < -0.39 is 70.9 Å². The van der Waals surface area contributed by atoms with Gasteiger partial charge in [0.2, 0.25) is 0 Å². The van der Waals surface area contributed by atoms with Crippen LogP contribution in [0.15, 0.2) is 21.9 Å². The molecular formula is C11H17N2O14P3. The van der Waals surface area contributed by atoms with E-state index in [1.165, 1.54) is 0 Å². The predicted molar refractivity (Wildman–Crippen MR) is 92.7 cm³/mol. The first-order chi connectivity index (χ1) is 13.6. The fourth-order valence-corrected chi connectivity index (χ4v) is 6.79. The second kappa shape index (κ2) is 7.55. The van der Waals surface area contributed by atoms with Crippen LogP contribution in [0.5, 0.6) is 0 Å². The van der Waals surface area contributed by atoms with E-state index in [0.29, 0.717) is 0 Å². The first kappa shape index (κ1) is 23.7. The number of phosphoric ester groups is 1. The van der Waals surface area contributed by atoms with Gasteiger partial charge in [-0.2, -0.15) is 8.62 Å². The number of aromatic nitrogens is 2. The SMILES string of the molecule is O=c1ccn([C@H]2[C@@H](O)C(O)[C@]3(COP(=O)(O)OP(=O)(O)OP(=O)(O)O)C[C@@H]23)c(=O)[nH]1. The molecule has 1 aromatic rings. The molecule has 19 heteroatoms. The van der Waals surface area contributed by atoms with E-state index in [1.807, 2.05) is 4.98 Å². The summed E-state index contributed by atoms with van der Waals surface area (Å²) < 4.78 is 46.6. The Kier molecular flexibility index (Phi) is 5.96. The molecule has 0 aliphatic heterocycles. The molecule has 0 amide bonds. The fraction of sp³-hybridized carbons (Fsp3) is 0.636. The van der Waals surface area contributed by atoms with Crippen LogP contribution in [0.1, 0.15) is 12.5 Å². The highest BCUT2D eigenvalue weighted by atomic mass is 31.3. The third-order valence-electron chi connectivity index (χ3n) is 4.94. The fourth-order valence-electron chi connectivity index (χ4n) is 3.69. The average molecular weight is 494 g/mol. The van der Waals surface area contributed by atoms with Crippen molar-refractivity contribution in [3.05, 3.63) is 33.1 Å². The van der Waals surface area contributed by atoms with E-state index in [1.54, 1.807) is 0 Å². The van der Waals surface area contributed by atoms with Crippen LogP contribution in [0, 0.1) is 11.3 Å². The van der Waals surface area contributed by atoms with E-state index in [2.05, 4.69) is 13.1 Å². The largest absolute Gasteiger partial charge is 0.490 e. The minimum atomic E-state index is -5.70. The summed E-state index contributed by atoms with van der Waals surface area (Å²) >= 11 is 0. The van der Waals surface area contributed by atoms with Gasteiger partial charge in [0.15, 0.2) is 0 Å². The standard InChI is InChI=1S/C11H17N2O14P3/c14-6-1-2-13(10(17)12-6)7-5-3-11(5,9(16)8(7)15)4-25-29(21,22)27-30(23,24)26-28(18,19)20/h1-2,5,7-9,15-16H,3-4H2,(H,21,22)(H,23,24)(H,12,14,17)(H2,18,19,20)/t5-,7+,8+,9?,11-/m0/s1. The zero-order chi connectivity index (χ0) is 22.7. The molecule has 1 heterocycles. The van der Waals surface area contributed by atoms with Crippen LogP contribution in [-0.2, 0) is 26.8 Å². The Morgan fingerprint density at radius 2 is 1.73 bits per heavy atom. The van der Waals surface area contributed by atoms with Crippen LogP contribution in [0.3, 0.4) is 0 Å². The molecule has 0 spiro atoms. The van der Waals surface area contributed by atoms with Gasteiger partial charge < -0.3 is 29.8 Å². The maximum atomic E-state index is 12.0. The van der Waals surface area contributed by atoms with Crippen molar-refractivity contribution in [1.82, 2.24) is 9.55 Å². The highest BCUT2D eigenvalue weighted by Gasteiger charge is 2.72. The van der Waals surface area contributed by atoms with Crippen molar-refractivity contribution < 1.29 is 56.6 Å².